The minimum atomic E-state index is -4.18. The van der Waals surface area contributed by atoms with Gasteiger partial charge in [0.2, 0.25) is 0 Å². The van der Waals surface area contributed by atoms with Crippen LogP contribution in [0.4, 0.5) is 5.69 Å². The van der Waals surface area contributed by atoms with Crippen molar-refractivity contribution in [3.8, 4) is 5.75 Å². The molecule has 5 nitrogen and oxygen atoms in total. The lowest BCUT2D eigenvalue weighted by molar-refractivity contribution is -0.119. The van der Waals surface area contributed by atoms with Crippen LogP contribution in [0.5, 0.6) is 5.75 Å². The topological polar surface area (TPSA) is 63.7 Å². The summed E-state index contributed by atoms with van der Waals surface area (Å²) in [5.41, 5.74) is 3.29. The Bertz CT molecular complexity index is 1210. The number of hydrogen-bond acceptors (Lipinski definition) is 4. The largest absolute Gasteiger partial charge is 0.483 e. The Morgan fingerprint density at radius 3 is 2.24 bits per heavy atom. The van der Waals surface area contributed by atoms with Gasteiger partial charge in [0.1, 0.15) is 5.75 Å². The highest BCUT2D eigenvalue weighted by molar-refractivity contribution is 7.93. The number of anilines is 1. The first-order valence-corrected chi connectivity index (χ1v) is 12.7. The molecule has 7 heteroatoms. The number of rotatable bonds is 9. The van der Waals surface area contributed by atoms with Gasteiger partial charge in [0, 0.05) is 5.02 Å². The van der Waals surface area contributed by atoms with Crippen LogP contribution < -0.4 is 9.04 Å². The van der Waals surface area contributed by atoms with Crippen LogP contribution in [-0.4, -0.2) is 20.9 Å². The van der Waals surface area contributed by atoms with E-state index in [1.165, 1.54) is 24.3 Å². The van der Waals surface area contributed by atoms with Crippen LogP contribution in [0.1, 0.15) is 36.5 Å². The lowest BCUT2D eigenvalue weighted by Gasteiger charge is -2.23. The van der Waals surface area contributed by atoms with Crippen LogP contribution in [0, 0.1) is 13.8 Å². The normalized spacial score (nSPS) is 11.3. The SMILES string of the molecule is CCCCc1ccc(N(C(=O)COc2ccc(C)cc2C)S(=O)(=O)c2ccc(Cl)cc2)cc1. The second-order valence-electron chi connectivity index (χ2n) is 7.94. The highest BCUT2D eigenvalue weighted by Gasteiger charge is 2.31. The third-order valence-corrected chi connectivity index (χ3v) is 7.26. The molecule has 0 fully saturated rings. The third kappa shape index (κ3) is 6.15. The molecule has 0 heterocycles. The number of nitrogens with zero attached hydrogens (tertiary/aromatic N) is 1. The molecule has 3 rings (SSSR count). The van der Waals surface area contributed by atoms with Gasteiger partial charge in [-0.15, -0.1) is 0 Å². The van der Waals surface area contributed by atoms with Gasteiger partial charge in [-0.1, -0.05) is 54.8 Å². The second kappa shape index (κ2) is 10.9. The highest BCUT2D eigenvalue weighted by Crippen LogP contribution is 2.27. The van der Waals surface area contributed by atoms with Crippen LogP contribution in [0.25, 0.3) is 0 Å². The zero-order chi connectivity index (χ0) is 24.0. The highest BCUT2D eigenvalue weighted by atomic mass is 35.5. The van der Waals surface area contributed by atoms with E-state index in [1.807, 2.05) is 38.1 Å². The molecule has 0 radical (unpaired) electrons. The Labute approximate surface area is 201 Å². The summed E-state index contributed by atoms with van der Waals surface area (Å²) in [6.45, 7) is 5.54. The monoisotopic (exact) mass is 485 g/mol. The van der Waals surface area contributed by atoms with E-state index in [2.05, 4.69) is 6.92 Å². The Balaban J connectivity index is 1.93. The molecule has 174 valence electrons. The number of benzene rings is 3. The molecule has 0 aliphatic heterocycles. The zero-order valence-corrected chi connectivity index (χ0v) is 20.6. The predicted molar refractivity (Wildman–Crippen MR) is 133 cm³/mol. The van der Waals surface area contributed by atoms with Gasteiger partial charge in [0.25, 0.3) is 15.9 Å². The van der Waals surface area contributed by atoms with Crippen molar-refractivity contribution in [3.05, 3.63) is 88.4 Å². The summed E-state index contributed by atoms with van der Waals surface area (Å²) in [5.74, 6) is -0.154. The minimum Gasteiger partial charge on any atom is -0.483 e. The fourth-order valence-electron chi connectivity index (χ4n) is 3.47. The summed E-state index contributed by atoms with van der Waals surface area (Å²) < 4.78 is 33.5. The van der Waals surface area contributed by atoms with Gasteiger partial charge < -0.3 is 4.74 Å². The fourth-order valence-corrected chi connectivity index (χ4v) is 5.00. The first-order chi connectivity index (χ1) is 15.7. The van der Waals surface area contributed by atoms with E-state index >= 15 is 0 Å². The van der Waals surface area contributed by atoms with Crippen molar-refractivity contribution < 1.29 is 17.9 Å². The third-order valence-electron chi connectivity index (χ3n) is 5.25. The molecule has 0 saturated carbocycles. The molecule has 0 N–H and O–H groups in total. The molecule has 0 aliphatic rings. The first kappa shape index (κ1) is 24.8. The van der Waals surface area contributed by atoms with Crippen molar-refractivity contribution in [1.29, 1.82) is 0 Å². The molecule has 0 atom stereocenters. The van der Waals surface area contributed by atoms with Crippen molar-refractivity contribution in [2.45, 2.75) is 44.9 Å². The molecule has 0 aromatic heterocycles. The number of sulfonamides is 1. The summed E-state index contributed by atoms with van der Waals surface area (Å²) in [6, 6.07) is 18.4. The maximum Gasteiger partial charge on any atom is 0.278 e. The zero-order valence-electron chi connectivity index (χ0n) is 19.0. The Morgan fingerprint density at radius 1 is 0.970 bits per heavy atom. The standard InChI is InChI=1S/C26H28ClNO4S/c1-4-5-6-21-8-12-23(13-9-21)28(33(30,31)24-14-10-22(27)11-15-24)26(29)18-32-25-16-7-19(2)17-20(25)3/h7-17H,4-6,18H2,1-3H3. The molecular formula is C26H28ClNO4S. The number of hydrogen-bond donors (Lipinski definition) is 0. The van der Waals surface area contributed by atoms with Gasteiger partial charge in [-0.2, -0.15) is 4.31 Å². The van der Waals surface area contributed by atoms with Gasteiger partial charge >= 0.3 is 0 Å². The number of amides is 1. The quantitative estimate of drug-likeness (QED) is 0.367. The molecule has 3 aromatic rings. The molecule has 0 spiro atoms. The number of halogens is 1. The number of carbonyl (C=O) groups excluding carboxylic acids is 1. The summed E-state index contributed by atoms with van der Waals surface area (Å²) in [6.07, 6.45) is 2.99. The van der Waals surface area contributed by atoms with E-state index in [-0.39, 0.29) is 10.6 Å². The molecule has 0 bridgehead atoms. The summed E-state index contributed by atoms with van der Waals surface area (Å²) in [7, 11) is -4.18. The summed E-state index contributed by atoms with van der Waals surface area (Å²) in [4.78, 5) is 13.2. The molecule has 0 aliphatic carbocycles. The molecule has 1 amide bonds. The molecule has 0 saturated heterocycles. The van der Waals surface area contributed by atoms with Crippen LogP contribution in [-0.2, 0) is 21.2 Å². The summed E-state index contributed by atoms with van der Waals surface area (Å²) >= 11 is 5.93. The van der Waals surface area contributed by atoms with E-state index in [1.54, 1.807) is 18.2 Å². The number of unbranched alkanes of at least 4 members (excludes halogenated alkanes) is 1. The number of carbonyl (C=O) groups is 1. The van der Waals surface area contributed by atoms with Crippen molar-refractivity contribution in [2.24, 2.45) is 0 Å². The van der Waals surface area contributed by atoms with Crippen LogP contribution in [0.3, 0.4) is 0 Å². The maximum absolute atomic E-state index is 13.5. The average Bonchev–Trinajstić information content (AvgIpc) is 2.78. The Kier molecular flexibility index (Phi) is 8.16. The second-order valence-corrected chi connectivity index (χ2v) is 10.2. The molecule has 33 heavy (non-hydrogen) atoms. The van der Waals surface area contributed by atoms with E-state index in [0.717, 1.165) is 40.3 Å². The van der Waals surface area contributed by atoms with Crippen LogP contribution in [0.2, 0.25) is 5.02 Å². The van der Waals surface area contributed by atoms with Gasteiger partial charge in [-0.05, 0) is 80.3 Å². The van der Waals surface area contributed by atoms with Crippen molar-refractivity contribution in [2.75, 3.05) is 10.9 Å². The molecule has 3 aromatic carbocycles. The molecular weight excluding hydrogens is 458 g/mol. The van der Waals surface area contributed by atoms with Crippen molar-refractivity contribution in [3.63, 3.8) is 0 Å². The van der Waals surface area contributed by atoms with Crippen molar-refractivity contribution in [1.82, 2.24) is 0 Å². The number of ether oxygens (including phenoxy) is 1. The number of aryl methyl sites for hydroxylation is 3. The predicted octanol–water partition coefficient (Wildman–Crippen LogP) is 6.10. The van der Waals surface area contributed by atoms with Gasteiger partial charge in [-0.25, -0.2) is 8.42 Å². The summed E-state index contributed by atoms with van der Waals surface area (Å²) in [5, 5.41) is 0.408. The lowest BCUT2D eigenvalue weighted by atomic mass is 10.1. The van der Waals surface area contributed by atoms with Crippen LogP contribution >= 0.6 is 11.6 Å². The van der Waals surface area contributed by atoms with E-state index in [4.69, 9.17) is 16.3 Å². The lowest BCUT2D eigenvalue weighted by Crippen LogP contribution is -2.40. The van der Waals surface area contributed by atoms with Gasteiger partial charge in [-0.3, -0.25) is 4.79 Å². The van der Waals surface area contributed by atoms with Crippen molar-refractivity contribution >= 4 is 33.2 Å². The first-order valence-electron chi connectivity index (χ1n) is 10.8. The maximum atomic E-state index is 13.5. The fraction of sp³-hybridized carbons (Fsp3) is 0.269. The average molecular weight is 486 g/mol. The van der Waals surface area contributed by atoms with E-state index in [0.29, 0.717) is 10.8 Å². The van der Waals surface area contributed by atoms with E-state index < -0.39 is 22.5 Å². The molecule has 0 unspecified atom stereocenters. The minimum absolute atomic E-state index is 0.0261. The Hall–Kier alpha value is -2.83. The van der Waals surface area contributed by atoms with E-state index in [9.17, 15) is 13.2 Å². The smallest absolute Gasteiger partial charge is 0.278 e. The van der Waals surface area contributed by atoms with Gasteiger partial charge in [0.05, 0.1) is 10.6 Å². The van der Waals surface area contributed by atoms with Gasteiger partial charge in [0.15, 0.2) is 6.61 Å². The Morgan fingerprint density at radius 2 is 1.64 bits per heavy atom. The van der Waals surface area contributed by atoms with Crippen LogP contribution in [0.15, 0.2) is 71.6 Å².